The number of nitrogens with one attached hydrogen (secondary N) is 2. The normalized spacial score (nSPS) is 11.1. The molecule has 0 fully saturated rings. The Labute approximate surface area is 223 Å². The van der Waals surface area contributed by atoms with Gasteiger partial charge in [-0.15, -0.1) is 21.5 Å². The number of methoxy groups -OCH3 is 1. The van der Waals surface area contributed by atoms with Gasteiger partial charge in [-0.1, -0.05) is 40.9 Å². The molecule has 0 aliphatic heterocycles. The van der Waals surface area contributed by atoms with Gasteiger partial charge in [0.05, 0.1) is 22.8 Å². The maximum absolute atomic E-state index is 12.8. The molecule has 0 saturated carbocycles. The number of amides is 1. The van der Waals surface area contributed by atoms with Gasteiger partial charge in [-0.2, -0.15) is 4.80 Å². The van der Waals surface area contributed by atoms with E-state index in [9.17, 15) is 4.79 Å². The predicted octanol–water partition coefficient (Wildman–Crippen LogP) is 6.73. The van der Waals surface area contributed by atoms with E-state index in [4.69, 9.17) is 51.8 Å². The van der Waals surface area contributed by atoms with Crippen molar-refractivity contribution in [3.05, 3.63) is 74.5 Å². The Kier molecular flexibility index (Phi) is 6.52. The largest absolute Gasteiger partial charge is 0.495 e. The number of rotatable bonds is 4. The number of anilines is 1. The van der Waals surface area contributed by atoms with Crippen molar-refractivity contribution in [1.82, 2.24) is 20.3 Å². The number of benzene rings is 3. The Morgan fingerprint density at radius 2 is 1.83 bits per heavy atom. The van der Waals surface area contributed by atoms with Gasteiger partial charge in [-0.25, -0.2) is 0 Å². The number of thiophene rings is 1. The quantitative estimate of drug-likeness (QED) is 0.236. The van der Waals surface area contributed by atoms with E-state index in [0.29, 0.717) is 48.1 Å². The highest BCUT2D eigenvalue weighted by Gasteiger charge is 2.18. The van der Waals surface area contributed by atoms with E-state index in [2.05, 4.69) is 20.8 Å². The Hall–Kier alpha value is -2.95. The van der Waals surface area contributed by atoms with E-state index in [1.807, 2.05) is 0 Å². The number of hydrogen-bond donors (Lipinski definition) is 2. The number of hydrogen-bond acceptors (Lipinski definition) is 6. The molecule has 3 aromatic carbocycles. The molecule has 1 amide bonds. The Morgan fingerprint density at radius 3 is 2.60 bits per heavy atom. The van der Waals surface area contributed by atoms with E-state index in [1.54, 1.807) is 61.7 Å². The van der Waals surface area contributed by atoms with E-state index in [1.165, 1.54) is 16.1 Å². The molecule has 0 aliphatic rings. The maximum atomic E-state index is 12.8. The molecular formula is C23H14Cl3N5O2S2. The van der Waals surface area contributed by atoms with Gasteiger partial charge in [0.15, 0.2) is 5.11 Å². The van der Waals surface area contributed by atoms with Crippen LogP contribution in [0.25, 0.3) is 26.8 Å². The first-order valence-electron chi connectivity index (χ1n) is 10.0. The highest BCUT2D eigenvalue weighted by Crippen LogP contribution is 2.36. The van der Waals surface area contributed by atoms with Gasteiger partial charge >= 0.3 is 0 Å². The zero-order chi connectivity index (χ0) is 24.7. The second-order valence-electron chi connectivity index (χ2n) is 7.31. The van der Waals surface area contributed by atoms with Crippen molar-refractivity contribution < 1.29 is 9.53 Å². The molecule has 2 N–H and O–H groups in total. The zero-order valence-corrected chi connectivity index (χ0v) is 21.7. The molecule has 35 heavy (non-hydrogen) atoms. The van der Waals surface area contributed by atoms with Crippen molar-refractivity contribution >= 4 is 96.2 Å². The Morgan fingerprint density at radius 1 is 1.03 bits per heavy atom. The van der Waals surface area contributed by atoms with Crippen molar-refractivity contribution in [2.24, 2.45) is 0 Å². The molecule has 0 radical (unpaired) electrons. The van der Waals surface area contributed by atoms with Gasteiger partial charge < -0.3 is 10.1 Å². The van der Waals surface area contributed by atoms with E-state index < -0.39 is 5.91 Å². The van der Waals surface area contributed by atoms with E-state index in [-0.39, 0.29) is 5.11 Å². The van der Waals surface area contributed by atoms with Gasteiger partial charge in [0, 0.05) is 20.8 Å². The average Bonchev–Trinajstić information content (AvgIpc) is 3.39. The molecule has 2 heterocycles. The molecule has 0 unspecified atom stereocenters. The minimum absolute atomic E-state index is 0.121. The summed E-state index contributed by atoms with van der Waals surface area (Å²) in [5, 5.41) is 16.9. The summed E-state index contributed by atoms with van der Waals surface area (Å²) in [6, 6.07) is 15.9. The predicted molar refractivity (Wildman–Crippen MR) is 146 cm³/mol. The standard InChI is InChI=1S/C23H14Cl3N5O2S2/c1-33-18-7-4-13(10-15(18)25)31-29-16-6-3-12(9-17(16)30-31)27-23(34)28-22(32)21-20(26)14-5-2-11(24)8-19(14)35-21/h2-10H,1H3,(H2,27,28,32,34). The lowest BCUT2D eigenvalue weighted by Crippen LogP contribution is -2.33. The maximum Gasteiger partial charge on any atom is 0.269 e. The minimum atomic E-state index is -0.409. The zero-order valence-electron chi connectivity index (χ0n) is 17.8. The van der Waals surface area contributed by atoms with Crippen LogP contribution in [-0.4, -0.2) is 33.1 Å². The number of carbonyl (C=O) groups excluding carboxylic acids is 1. The van der Waals surface area contributed by atoms with Crippen LogP contribution in [0.5, 0.6) is 5.75 Å². The lowest BCUT2D eigenvalue weighted by Gasteiger charge is -2.08. The second-order valence-corrected chi connectivity index (χ2v) is 9.99. The van der Waals surface area contributed by atoms with Crippen molar-refractivity contribution in [2.75, 3.05) is 12.4 Å². The molecule has 0 aliphatic carbocycles. The first-order valence-corrected chi connectivity index (χ1v) is 12.4. The van der Waals surface area contributed by atoms with Gasteiger partial charge in [0.1, 0.15) is 21.7 Å². The SMILES string of the molecule is COc1ccc(-n2nc3ccc(NC(=S)NC(=O)c4sc5cc(Cl)ccc5c4Cl)cc3n2)cc1Cl. The summed E-state index contributed by atoms with van der Waals surface area (Å²) in [5.41, 5.74) is 2.62. The van der Waals surface area contributed by atoms with Crippen molar-refractivity contribution in [3.8, 4) is 11.4 Å². The highest BCUT2D eigenvalue weighted by molar-refractivity contribution is 7.80. The molecule has 7 nitrogen and oxygen atoms in total. The fraction of sp³-hybridized carbons (Fsp3) is 0.0435. The average molecular weight is 563 g/mol. The number of fused-ring (bicyclic) bond motifs is 2. The number of aromatic nitrogens is 3. The van der Waals surface area contributed by atoms with Crippen molar-refractivity contribution in [2.45, 2.75) is 0 Å². The van der Waals surface area contributed by atoms with Crippen LogP contribution in [0, 0.1) is 0 Å². The van der Waals surface area contributed by atoms with Crippen LogP contribution in [0.3, 0.4) is 0 Å². The van der Waals surface area contributed by atoms with Gasteiger partial charge in [-0.3, -0.25) is 10.1 Å². The first-order chi connectivity index (χ1) is 16.8. The monoisotopic (exact) mass is 561 g/mol. The summed E-state index contributed by atoms with van der Waals surface area (Å²) < 4.78 is 6.00. The molecule has 0 spiro atoms. The summed E-state index contributed by atoms with van der Waals surface area (Å²) in [5.74, 6) is 0.156. The molecule has 0 saturated heterocycles. The van der Waals surface area contributed by atoms with Gasteiger partial charge in [0.25, 0.3) is 5.91 Å². The molecule has 0 bridgehead atoms. The lowest BCUT2D eigenvalue weighted by atomic mass is 10.2. The summed E-state index contributed by atoms with van der Waals surface area (Å²) >= 11 is 25.2. The molecule has 176 valence electrons. The number of thiocarbonyl (C=S) groups is 1. The van der Waals surface area contributed by atoms with E-state index >= 15 is 0 Å². The third-order valence-electron chi connectivity index (χ3n) is 5.03. The smallest absolute Gasteiger partial charge is 0.269 e. The Bertz CT molecular complexity index is 1630. The molecule has 5 aromatic rings. The third kappa shape index (κ3) is 4.78. The fourth-order valence-corrected chi connectivity index (χ4v) is 5.55. The van der Waals surface area contributed by atoms with Crippen LogP contribution < -0.4 is 15.4 Å². The van der Waals surface area contributed by atoms with Gasteiger partial charge in [0.2, 0.25) is 0 Å². The number of nitrogens with zero attached hydrogens (tertiary/aromatic N) is 3. The fourth-order valence-electron chi connectivity index (χ4n) is 3.39. The summed E-state index contributed by atoms with van der Waals surface area (Å²) in [7, 11) is 1.55. The minimum Gasteiger partial charge on any atom is -0.495 e. The van der Waals surface area contributed by atoms with Crippen LogP contribution >= 0.6 is 58.4 Å². The van der Waals surface area contributed by atoms with Crippen LogP contribution in [0.15, 0.2) is 54.6 Å². The molecule has 0 atom stereocenters. The number of carbonyl (C=O) groups is 1. The first kappa shape index (κ1) is 23.8. The number of halogens is 3. The van der Waals surface area contributed by atoms with Crippen LogP contribution in [0.4, 0.5) is 5.69 Å². The molecular weight excluding hydrogens is 549 g/mol. The van der Waals surface area contributed by atoms with Crippen molar-refractivity contribution in [1.29, 1.82) is 0 Å². The molecule has 5 rings (SSSR count). The third-order valence-corrected chi connectivity index (χ3v) is 7.42. The molecule has 12 heteroatoms. The van der Waals surface area contributed by atoms with Gasteiger partial charge in [-0.05, 0) is 60.7 Å². The lowest BCUT2D eigenvalue weighted by molar-refractivity contribution is 0.0982. The summed E-state index contributed by atoms with van der Waals surface area (Å²) in [6.07, 6.45) is 0. The highest BCUT2D eigenvalue weighted by atomic mass is 35.5. The second kappa shape index (κ2) is 9.60. The Balaban J connectivity index is 1.32. The van der Waals surface area contributed by atoms with Crippen LogP contribution in [0.2, 0.25) is 15.1 Å². The summed E-state index contributed by atoms with van der Waals surface area (Å²) in [6.45, 7) is 0. The summed E-state index contributed by atoms with van der Waals surface area (Å²) in [4.78, 5) is 14.6. The van der Waals surface area contributed by atoms with E-state index in [0.717, 1.165) is 10.1 Å². The van der Waals surface area contributed by atoms with Crippen LogP contribution in [0.1, 0.15) is 9.67 Å². The van der Waals surface area contributed by atoms with Crippen LogP contribution in [-0.2, 0) is 0 Å². The number of ether oxygens (including phenoxy) is 1. The molecule has 2 aromatic heterocycles. The van der Waals surface area contributed by atoms with Crippen molar-refractivity contribution in [3.63, 3.8) is 0 Å². The topological polar surface area (TPSA) is 81.1 Å².